The van der Waals surface area contributed by atoms with Crippen LogP contribution in [0.5, 0.6) is 0 Å². The summed E-state index contributed by atoms with van der Waals surface area (Å²) in [6.07, 6.45) is 0. The van der Waals surface area contributed by atoms with E-state index in [0.717, 1.165) is 0 Å². The van der Waals surface area contributed by atoms with Gasteiger partial charge in [-0.1, -0.05) is 146 Å². The lowest BCUT2D eigenvalue weighted by atomic mass is 9.39. The molecule has 0 bridgehead atoms. The molecular weight excluding hydrogens is 578 g/mol. The molecule has 0 spiro atoms. The third kappa shape index (κ3) is 2.50. The quantitative estimate of drug-likeness (QED) is 0.162. The molecule has 0 atom stereocenters. The fraction of sp³-hybridized carbons (Fsp3) is 0. The Kier molecular flexibility index (Phi) is 4.09. The number of benzene rings is 8. The Morgan fingerprint density at radius 3 is 0.771 bits per heavy atom. The zero-order valence-electron chi connectivity index (χ0n) is 25.9. The van der Waals surface area contributed by atoms with Gasteiger partial charge in [0.15, 0.2) is 0 Å². The Bertz CT molecular complexity index is 2450. The highest BCUT2D eigenvalue weighted by Gasteiger charge is 2.55. The first-order valence-corrected chi connectivity index (χ1v) is 17.0. The second kappa shape index (κ2) is 8.10. The third-order valence-corrected chi connectivity index (χ3v) is 11.9. The molecule has 8 aromatic carbocycles. The van der Waals surface area contributed by atoms with Crippen LogP contribution in [0.2, 0.25) is 0 Å². The normalized spacial score (nSPS) is 14.5. The molecule has 0 saturated heterocycles. The van der Waals surface area contributed by atoms with Crippen molar-refractivity contribution in [3.05, 3.63) is 146 Å². The van der Waals surface area contributed by atoms with E-state index in [4.69, 9.17) is 0 Å². The largest absolute Gasteiger partial charge is 0.373 e. The summed E-state index contributed by atoms with van der Waals surface area (Å²) in [4.78, 5) is 5.56. The summed E-state index contributed by atoms with van der Waals surface area (Å²) >= 11 is 0. The van der Waals surface area contributed by atoms with Crippen LogP contribution < -0.4 is 31.5 Å². The summed E-state index contributed by atoms with van der Waals surface area (Å²) in [5.41, 5.74) is 21.8. The third-order valence-electron chi connectivity index (χ3n) is 11.9. The van der Waals surface area contributed by atoms with Gasteiger partial charge in [-0.05, 0) is 65.6 Å². The number of rotatable bonds is 0. The molecule has 13 rings (SSSR count). The first-order chi connectivity index (χ1) is 23.9. The van der Waals surface area contributed by atoms with Crippen LogP contribution in [0.4, 0.5) is 22.7 Å². The minimum Gasteiger partial charge on any atom is -0.373 e. The Morgan fingerprint density at radius 1 is 0.271 bits per heavy atom. The predicted octanol–water partition coefficient (Wildman–Crippen LogP) is 8.12. The van der Waals surface area contributed by atoms with Gasteiger partial charge in [-0.2, -0.15) is 0 Å². The van der Waals surface area contributed by atoms with E-state index in [1.54, 1.807) is 0 Å². The van der Waals surface area contributed by atoms with Gasteiger partial charge in [0.05, 0.1) is 22.7 Å². The van der Waals surface area contributed by atoms with E-state index >= 15 is 0 Å². The molecular formula is C44H24B2N2. The predicted molar refractivity (Wildman–Crippen MR) is 204 cm³/mol. The van der Waals surface area contributed by atoms with Gasteiger partial charge in [-0.15, -0.1) is 0 Å². The van der Waals surface area contributed by atoms with Crippen molar-refractivity contribution in [1.82, 2.24) is 0 Å². The van der Waals surface area contributed by atoms with Crippen LogP contribution in [0, 0.1) is 0 Å². The average molecular weight is 602 g/mol. The molecule has 216 valence electrons. The average Bonchev–Trinajstić information content (AvgIpc) is 3.16. The summed E-state index contributed by atoms with van der Waals surface area (Å²) < 4.78 is 0. The van der Waals surface area contributed by atoms with Gasteiger partial charge in [0, 0.05) is 22.3 Å². The fourth-order valence-electron chi connectivity index (χ4n) is 10.3. The van der Waals surface area contributed by atoms with E-state index < -0.39 is 0 Å². The molecule has 5 heterocycles. The Balaban J connectivity index is 1.37. The van der Waals surface area contributed by atoms with E-state index in [-0.39, 0.29) is 13.7 Å². The zero-order valence-corrected chi connectivity index (χ0v) is 25.9. The first kappa shape index (κ1) is 24.2. The molecule has 4 heteroatoms. The number of anilines is 4. The van der Waals surface area contributed by atoms with Crippen molar-refractivity contribution in [1.29, 1.82) is 0 Å². The molecule has 0 radical (unpaired) electrons. The highest BCUT2D eigenvalue weighted by Crippen LogP contribution is 2.67. The van der Waals surface area contributed by atoms with Crippen LogP contribution in [0.3, 0.4) is 0 Å². The monoisotopic (exact) mass is 602 g/mol. The van der Waals surface area contributed by atoms with Crippen molar-refractivity contribution in [3.63, 3.8) is 0 Å². The molecule has 5 aliphatic rings. The van der Waals surface area contributed by atoms with Crippen molar-refractivity contribution in [3.8, 4) is 44.5 Å². The molecule has 0 unspecified atom stereocenters. The Labute approximate surface area is 278 Å². The van der Waals surface area contributed by atoms with Crippen molar-refractivity contribution in [2.45, 2.75) is 0 Å². The van der Waals surface area contributed by atoms with Crippen molar-refractivity contribution in [2.24, 2.45) is 0 Å². The SMILES string of the molecule is c1ccc2c(c1)B1c3ccccc3-c3c4c5c(c6ccccc36)-c3ccccc3B3c6ccccc6-c6c(c(c-2c2ccccc62)N14)N35. The van der Waals surface area contributed by atoms with E-state index in [0.29, 0.717) is 0 Å². The summed E-state index contributed by atoms with van der Waals surface area (Å²) in [5, 5.41) is 5.31. The van der Waals surface area contributed by atoms with Crippen LogP contribution in [0.15, 0.2) is 146 Å². The maximum absolute atomic E-state index is 2.78. The molecule has 0 aromatic heterocycles. The van der Waals surface area contributed by atoms with Gasteiger partial charge < -0.3 is 9.62 Å². The first-order valence-electron chi connectivity index (χ1n) is 17.0. The maximum Gasteiger partial charge on any atom is 0.329 e. The van der Waals surface area contributed by atoms with Gasteiger partial charge >= 0.3 is 13.7 Å². The minimum absolute atomic E-state index is 0.0721. The highest BCUT2D eigenvalue weighted by atomic mass is 15.2. The molecule has 0 saturated carbocycles. The van der Waals surface area contributed by atoms with E-state index in [1.165, 1.54) is 111 Å². The molecule has 48 heavy (non-hydrogen) atoms. The van der Waals surface area contributed by atoms with Gasteiger partial charge in [0.1, 0.15) is 0 Å². The second-order valence-electron chi connectivity index (χ2n) is 13.9. The lowest BCUT2D eigenvalue weighted by molar-refractivity contribution is 1.25. The second-order valence-corrected chi connectivity index (χ2v) is 13.9. The topological polar surface area (TPSA) is 6.48 Å². The van der Waals surface area contributed by atoms with Gasteiger partial charge in [0.2, 0.25) is 0 Å². The summed E-state index contributed by atoms with van der Waals surface area (Å²) in [6.45, 7) is 0.144. The van der Waals surface area contributed by atoms with Crippen molar-refractivity contribution < 1.29 is 0 Å². The van der Waals surface area contributed by atoms with E-state index in [9.17, 15) is 0 Å². The van der Waals surface area contributed by atoms with Crippen molar-refractivity contribution >= 4 is 79.8 Å². The van der Waals surface area contributed by atoms with Crippen LogP contribution in [-0.4, -0.2) is 13.7 Å². The molecule has 0 N–H and O–H groups in total. The smallest absolute Gasteiger partial charge is 0.329 e. The number of hydrogen-bond acceptors (Lipinski definition) is 2. The standard InChI is InChI=1S/C44H24B2N2/c1-2-14-26-25(13-1)37-29-17-5-9-21-33(29)45-35-23-11-7-19-31(35)39-27-15-3-4-16-28(27)40-32-20-8-12-24-36(32)46-34-22-10-6-18-30(34)38(26)42-41(37)47(45)43(39)44(40)48(42)46/h1-24H. The molecule has 0 fully saturated rings. The molecule has 8 aromatic rings. The van der Waals surface area contributed by atoms with Gasteiger partial charge in [-0.3, -0.25) is 0 Å². The van der Waals surface area contributed by atoms with Crippen LogP contribution in [0.25, 0.3) is 66.1 Å². The highest BCUT2D eigenvalue weighted by molar-refractivity contribution is 6.96. The fourth-order valence-corrected chi connectivity index (χ4v) is 10.3. The maximum atomic E-state index is 2.78. The molecule has 0 aliphatic carbocycles. The van der Waals surface area contributed by atoms with E-state index in [2.05, 4.69) is 155 Å². The van der Waals surface area contributed by atoms with Crippen LogP contribution in [-0.2, 0) is 0 Å². The van der Waals surface area contributed by atoms with E-state index in [1.807, 2.05) is 0 Å². The lowest BCUT2D eigenvalue weighted by Crippen LogP contribution is -2.65. The molecule has 0 amide bonds. The minimum atomic E-state index is 0.0721. The summed E-state index contributed by atoms with van der Waals surface area (Å²) in [6, 6.07) is 55.2. The number of hydrogen-bond donors (Lipinski definition) is 0. The Hall–Kier alpha value is -5.99. The molecule has 2 nitrogen and oxygen atoms in total. The number of fused-ring (bicyclic) bond motifs is 18. The number of nitrogens with zero attached hydrogens (tertiary/aromatic N) is 2. The van der Waals surface area contributed by atoms with Gasteiger partial charge in [-0.25, -0.2) is 0 Å². The summed E-state index contributed by atoms with van der Waals surface area (Å²) in [5.74, 6) is 0. The van der Waals surface area contributed by atoms with Crippen molar-refractivity contribution in [2.75, 3.05) is 9.62 Å². The van der Waals surface area contributed by atoms with Gasteiger partial charge in [0.25, 0.3) is 0 Å². The zero-order chi connectivity index (χ0) is 30.8. The van der Waals surface area contributed by atoms with Crippen LogP contribution >= 0.6 is 0 Å². The lowest BCUT2D eigenvalue weighted by Gasteiger charge is -2.56. The molecule has 5 aliphatic heterocycles. The summed E-state index contributed by atoms with van der Waals surface area (Å²) in [7, 11) is 0. The Morgan fingerprint density at radius 2 is 0.500 bits per heavy atom. The van der Waals surface area contributed by atoms with Crippen LogP contribution in [0.1, 0.15) is 0 Å².